The normalized spacial score (nSPS) is 12.9. The Hall–Kier alpha value is -1.62. The molecule has 0 saturated heterocycles. The molecule has 0 bridgehead atoms. The number of aryl methyl sites for hydroxylation is 3. The monoisotopic (exact) mass is 248 g/mol. The summed E-state index contributed by atoms with van der Waals surface area (Å²) in [5, 5.41) is 7.82. The predicted molar refractivity (Wildman–Crippen MR) is 69.1 cm³/mol. The second-order valence-electron chi connectivity index (χ2n) is 4.50. The van der Waals surface area contributed by atoms with Gasteiger partial charge in [-0.05, 0) is 33.8 Å². The SMILES string of the molecule is CCn1nc(C)cc1CNC(C)c1ncc(C)o1. The maximum absolute atomic E-state index is 5.50. The van der Waals surface area contributed by atoms with Crippen LogP contribution in [0.4, 0.5) is 0 Å². The molecule has 1 unspecified atom stereocenters. The first-order valence-electron chi connectivity index (χ1n) is 6.29. The van der Waals surface area contributed by atoms with E-state index in [4.69, 9.17) is 4.42 Å². The van der Waals surface area contributed by atoms with Gasteiger partial charge in [-0.3, -0.25) is 4.68 Å². The summed E-state index contributed by atoms with van der Waals surface area (Å²) in [5.74, 6) is 1.57. The summed E-state index contributed by atoms with van der Waals surface area (Å²) in [6.45, 7) is 9.70. The molecule has 5 heteroatoms. The lowest BCUT2D eigenvalue weighted by molar-refractivity contribution is 0.398. The molecule has 0 saturated carbocycles. The van der Waals surface area contributed by atoms with E-state index in [0.29, 0.717) is 0 Å². The van der Waals surface area contributed by atoms with Crippen LogP contribution in [0.5, 0.6) is 0 Å². The van der Waals surface area contributed by atoms with Gasteiger partial charge in [0.05, 0.1) is 23.6 Å². The van der Waals surface area contributed by atoms with Crippen LogP contribution in [0.15, 0.2) is 16.7 Å². The first-order valence-corrected chi connectivity index (χ1v) is 6.29. The summed E-state index contributed by atoms with van der Waals surface area (Å²) in [6.07, 6.45) is 1.74. The van der Waals surface area contributed by atoms with Gasteiger partial charge in [-0.25, -0.2) is 4.98 Å². The van der Waals surface area contributed by atoms with Crippen molar-refractivity contribution < 1.29 is 4.42 Å². The fourth-order valence-corrected chi connectivity index (χ4v) is 1.93. The minimum Gasteiger partial charge on any atom is -0.444 e. The Bertz CT molecular complexity index is 515. The molecule has 2 aromatic heterocycles. The van der Waals surface area contributed by atoms with Crippen molar-refractivity contribution in [3.63, 3.8) is 0 Å². The summed E-state index contributed by atoms with van der Waals surface area (Å²) in [7, 11) is 0. The van der Waals surface area contributed by atoms with E-state index in [0.717, 1.165) is 30.4 Å². The molecule has 1 N–H and O–H groups in total. The van der Waals surface area contributed by atoms with Crippen molar-refractivity contribution in [2.24, 2.45) is 0 Å². The third kappa shape index (κ3) is 2.79. The number of hydrogen-bond acceptors (Lipinski definition) is 4. The highest BCUT2D eigenvalue weighted by molar-refractivity contribution is 5.09. The topological polar surface area (TPSA) is 55.9 Å². The van der Waals surface area contributed by atoms with Crippen LogP contribution in [0.3, 0.4) is 0 Å². The molecule has 1 atom stereocenters. The first-order chi connectivity index (χ1) is 8.60. The smallest absolute Gasteiger partial charge is 0.211 e. The van der Waals surface area contributed by atoms with Crippen molar-refractivity contribution in [3.8, 4) is 0 Å². The van der Waals surface area contributed by atoms with Crippen LogP contribution in [-0.4, -0.2) is 14.8 Å². The fraction of sp³-hybridized carbons (Fsp3) is 0.538. The molecular formula is C13H20N4O. The molecule has 2 rings (SSSR count). The van der Waals surface area contributed by atoms with Crippen molar-refractivity contribution in [2.75, 3.05) is 0 Å². The Morgan fingerprint density at radius 1 is 1.44 bits per heavy atom. The van der Waals surface area contributed by atoms with Gasteiger partial charge in [0.15, 0.2) is 0 Å². The second-order valence-corrected chi connectivity index (χ2v) is 4.50. The molecule has 5 nitrogen and oxygen atoms in total. The van der Waals surface area contributed by atoms with Crippen LogP contribution in [0.25, 0.3) is 0 Å². The Labute approximate surface area is 107 Å². The molecule has 0 aliphatic heterocycles. The molecule has 0 radical (unpaired) electrons. The maximum Gasteiger partial charge on any atom is 0.211 e. The average Bonchev–Trinajstić information content (AvgIpc) is 2.92. The lowest BCUT2D eigenvalue weighted by Gasteiger charge is -2.11. The number of rotatable bonds is 5. The van der Waals surface area contributed by atoms with E-state index in [-0.39, 0.29) is 6.04 Å². The van der Waals surface area contributed by atoms with Crippen LogP contribution in [0.1, 0.15) is 42.9 Å². The number of aromatic nitrogens is 3. The van der Waals surface area contributed by atoms with Gasteiger partial charge in [0.25, 0.3) is 0 Å². The van der Waals surface area contributed by atoms with Gasteiger partial charge in [0.2, 0.25) is 5.89 Å². The largest absolute Gasteiger partial charge is 0.444 e. The molecule has 98 valence electrons. The highest BCUT2D eigenvalue weighted by atomic mass is 16.4. The van der Waals surface area contributed by atoms with Crippen LogP contribution >= 0.6 is 0 Å². The van der Waals surface area contributed by atoms with E-state index in [1.165, 1.54) is 5.69 Å². The van der Waals surface area contributed by atoms with E-state index < -0.39 is 0 Å². The van der Waals surface area contributed by atoms with Gasteiger partial charge in [-0.1, -0.05) is 0 Å². The first kappa shape index (κ1) is 12.8. The van der Waals surface area contributed by atoms with Gasteiger partial charge in [0.1, 0.15) is 5.76 Å². The molecular weight excluding hydrogens is 228 g/mol. The van der Waals surface area contributed by atoms with Gasteiger partial charge in [0, 0.05) is 13.1 Å². The van der Waals surface area contributed by atoms with E-state index in [9.17, 15) is 0 Å². The van der Waals surface area contributed by atoms with Crippen LogP contribution < -0.4 is 5.32 Å². The maximum atomic E-state index is 5.50. The van der Waals surface area contributed by atoms with Gasteiger partial charge in [-0.15, -0.1) is 0 Å². The predicted octanol–water partition coefficient (Wildman–Crippen LogP) is 2.36. The molecule has 0 amide bonds. The van der Waals surface area contributed by atoms with Crippen molar-refractivity contribution in [1.82, 2.24) is 20.1 Å². The second kappa shape index (κ2) is 5.35. The van der Waals surface area contributed by atoms with Crippen molar-refractivity contribution in [3.05, 3.63) is 35.3 Å². The van der Waals surface area contributed by atoms with Crippen molar-refractivity contribution in [2.45, 2.75) is 46.8 Å². The molecule has 0 aliphatic rings. The van der Waals surface area contributed by atoms with Gasteiger partial charge < -0.3 is 9.73 Å². The zero-order valence-corrected chi connectivity index (χ0v) is 11.4. The van der Waals surface area contributed by atoms with Crippen LogP contribution in [-0.2, 0) is 13.1 Å². The van der Waals surface area contributed by atoms with Gasteiger partial charge >= 0.3 is 0 Å². The Balaban J connectivity index is 1.98. The molecule has 0 fully saturated rings. The number of oxazole rings is 1. The zero-order valence-electron chi connectivity index (χ0n) is 11.4. The number of nitrogens with zero attached hydrogens (tertiary/aromatic N) is 3. The minimum absolute atomic E-state index is 0.0965. The summed E-state index contributed by atoms with van der Waals surface area (Å²) in [4.78, 5) is 4.22. The van der Waals surface area contributed by atoms with E-state index in [1.54, 1.807) is 6.20 Å². The minimum atomic E-state index is 0.0965. The fourth-order valence-electron chi connectivity index (χ4n) is 1.93. The Morgan fingerprint density at radius 2 is 2.22 bits per heavy atom. The van der Waals surface area contributed by atoms with E-state index in [2.05, 4.69) is 28.4 Å². The standard InChI is InChI=1S/C13H20N4O/c1-5-17-12(6-9(2)16-17)8-14-11(4)13-15-7-10(3)18-13/h6-7,11,14H,5,8H2,1-4H3. The highest BCUT2D eigenvalue weighted by Gasteiger charge is 2.12. The molecule has 2 heterocycles. The molecule has 0 aromatic carbocycles. The highest BCUT2D eigenvalue weighted by Crippen LogP contribution is 2.13. The Kier molecular flexibility index (Phi) is 3.81. The summed E-state index contributed by atoms with van der Waals surface area (Å²) in [5.41, 5.74) is 2.23. The average molecular weight is 248 g/mol. The molecule has 0 aliphatic carbocycles. The quantitative estimate of drug-likeness (QED) is 0.882. The summed E-state index contributed by atoms with van der Waals surface area (Å²) in [6, 6.07) is 2.20. The van der Waals surface area contributed by atoms with Gasteiger partial charge in [-0.2, -0.15) is 5.10 Å². The summed E-state index contributed by atoms with van der Waals surface area (Å²) < 4.78 is 7.51. The summed E-state index contributed by atoms with van der Waals surface area (Å²) >= 11 is 0. The van der Waals surface area contributed by atoms with Crippen LogP contribution in [0, 0.1) is 13.8 Å². The molecule has 2 aromatic rings. The third-order valence-corrected chi connectivity index (χ3v) is 2.88. The lowest BCUT2D eigenvalue weighted by atomic mass is 10.3. The number of nitrogens with one attached hydrogen (secondary N) is 1. The van der Waals surface area contributed by atoms with Crippen LogP contribution in [0.2, 0.25) is 0 Å². The Morgan fingerprint density at radius 3 is 2.83 bits per heavy atom. The van der Waals surface area contributed by atoms with E-state index in [1.807, 2.05) is 25.5 Å². The lowest BCUT2D eigenvalue weighted by Crippen LogP contribution is -2.20. The van der Waals surface area contributed by atoms with E-state index >= 15 is 0 Å². The zero-order chi connectivity index (χ0) is 13.1. The third-order valence-electron chi connectivity index (χ3n) is 2.88. The van der Waals surface area contributed by atoms with Crippen molar-refractivity contribution in [1.29, 1.82) is 0 Å². The van der Waals surface area contributed by atoms with Crippen molar-refractivity contribution >= 4 is 0 Å². The molecule has 0 spiro atoms. The molecule has 18 heavy (non-hydrogen) atoms. The number of hydrogen-bond donors (Lipinski definition) is 1.